The predicted molar refractivity (Wildman–Crippen MR) is 52.7 cm³/mol. The van der Waals surface area contributed by atoms with Crippen LogP contribution in [0.5, 0.6) is 0 Å². The second-order valence-corrected chi connectivity index (χ2v) is 3.60. The molecule has 0 amide bonds. The number of hydrogen-bond acceptors (Lipinski definition) is 4. The first-order valence-corrected chi connectivity index (χ1v) is 4.86. The molecule has 0 atom stereocenters. The average Bonchev–Trinajstić information content (AvgIpc) is 2.13. The van der Waals surface area contributed by atoms with Gasteiger partial charge >= 0.3 is 12.4 Å². The number of carbonyl (C=O) groups excluding carboxylic acids is 4. The fraction of sp³-hybridized carbons (Fsp3) is 0.600. The summed E-state index contributed by atoms with van der Waals surface area (Å²) in [6.07, 6.45) is -11.8. The summed E-state index contributed by atoms with van der Waals surface area (Å²) in [5, 5.41) is 0. The van der Waals surface area contributed by atoms with E-state index in [1.54, 1.807) is 0 Å². The molecule has 0 spiro atoms. The van der Waals surface area contributed by atoms with E-state index in [2.05, 4.69) is 0 Å². The van der Waals surface area contributed by atoms with E-state index in [1.807, 2.05) is 0 Å². The van der Waals surface area contributed by atoms with Crippen LogP contribution in [0.15, 0.2) is 0 Å². The number of halogens is 6. The molecular weight excluding hydrogens is 357 g/mol. The van der Waals surface area contributed by atoms with E-state index in [0.717, 1.165) is 13.8 Å². The Morgan fingerprint density at radius 2 is 0.857 bits per heavy atom. The Bertz CT molecular complexity index is 361. The summed E-state index contributed by atoms with van der Waals surface area (Å²) in [6.45, 7) is 1.87. The molecule has 0 aliphatic carbocycles. The number of alkyl halides is 6. The Labute approximate surface area is 125 Å². The van der Waals surface area contributed by atoms with Gasteiger partial charge in [-0.15, -0.1) is 0 Å². The predicted octanol–water partition coefficient (Wildman–Crippen LogP) is 2.19. The Hall–Kier alpha value is -1.23. The zero-order valence-electron chi connectivity index (χ0n) is 10.6. The molecule has 0 aromatic heterocycles. The van der Waals surface area contributed by atoms with Crippen LogP contribution in [-0.4, -0.2) is 35.5 Å². The largest absolute Gasteiger partial charge is 0.450 e. The van der Waals surface area contributed by atoms with Crippen LogP contribution < -0.4 is 0 Å². The van der Waals surface area contributed by atoms with Gasteiger partial charge < -0.3 is 0 Å². The molecule has 0 rings (SSSR count). The van der Waals surface area contributed by atoms with Crippen molar-refractivity contribution in [3.63, 3.8) is 0 Å². The molecule has 11 heteroatoms. The summed E-state index contributed by atoms with van der Waals surface area (Å²) in [7, 11) is 0. The summed E-state index contributed by atoms with van der Waals surface area (Å²) in [5.74, 6) is -5.52. The van der Waals surface area contributed by atoms with Gasteiger partial charge in [-0.3, -0.25) is 19.2 Å². The van der Waals surface area contributed by atoms with Crippen molar-refractivity contribution in [2.24, 2.45) is 0 Å². The molecule has 0 saturated carbocycles. The summed E-state index contributed by atoms with van der Waals surface area (Å²) < 4.78 is 67.8. The van der Waals surface area contributed by atoms with Crippen LogP contribution in [0, 0.1) is 0 Å². The normalized spacial score (nSPS) is 10.7. The topological polar surface area (TPSA) is 68.3 Å². The fourth-order valence-corrected chi connectivity index (χ4v) is 0.653. The molecule has 0 saturated heterocycles. The number of ketones is 4. The maximum absolute atomic E-state index is 11.3. The van der Waals surface area contributed by atoms with Gasteiger partial charge in [0.1, 0.15) is 11.6 Å². The molecule has 0 bridgehead atoms. The summed E-state index contributed by atoms with van der Waals surface area (Å²) in [6, 6.07) is 0. The second-order valence-electron chi connectivity index (χ2n) is 3.60. The average molecular weight is 367 g/mol. The Morgan fingerprint density at radius 1 is 0.667 bits per heavy atom. The smallest absolute Gasteiger partial charge is 0.300 e. The monoisotopic (exact) mass is 367 g/mol. The van der Waals surface area contributed by atoms with Gasteiger partial charge in [-0.1, -0.05) is 0 Å². The van der Waals surface area contributed by atoms with Crippen molar-refractivity contribution in [1.29, 1.82) is 0 Å². The third kappa shape index (κ3) is 15.0. The molecule has 0 fully saturated rings. The SMILES string of the molecule is CC(=O)CC(=O)C(F)(F)F.CC(=O)CC(=O)C(F)(F)F.[Co]. The molecule has 0 aliphatic heterocycles. The van der Waals surface area contributed by atoms with Crippen LogP contribution in [0.4, 0.5) is 26.3 Å². The number of Topliss-reactive ketones (excluding diaryl/α,β-unsaturated/α-hetero) is 4. The van der Waals surface area contributed by atoms with Gasteiger partial charge in [0, 0.05) is 16.8 Å². The third-order valence-corrected chi connectivity index (χ3v) is 1.45. The first-order valence-electron chi connectivity index (χ1n) is 4.86. The Balaban J connectivity index is -0.000000295. The quantitative estimate of drug-likeness (QED) is 0.564. The molecule has 1 radical (unpaired) electrons. The molecule has 4 nitrogen and oxygen atoms in total. The van der Waals surface area contributed by atoms with E-state index in [0.29, 0.717) is 0 Å². The first-order chi connectivity index (χ1) is 8.67. The van der Waals surface area contributed by atoms with Crippen LogP contribution in [0.1, 0.15) is 26.7 Å². The van der Waals surface area contributed by atoms with Crippen molar-refractivity contribution in [1.82, 2.24) is 0 Å². The minimum absolute atomic E-state index is 0. The van der Waals surface area contributed by atoms with Crippen LogP contribution >= 0.6 is 0 Å². The van der Waals surface area contributed by atoms with Crippen molar-refractivity contribution < 1.29 is 62.3 Å². The molecule has 0 N–H and O–H groups in total. The van der Waals surface area contributed by atoms with Gasteiger partial charge in [0.25, 0.3) is 0 Å². The van der Waals surface area contributed by atoms with Crippen molar-refractivity contribution in [3.05, 3.63) is 0 Å². The van der Waals surface area contributed by atoms with Gasteiger partial charge in [-0.2, -0.15) is 26.3 Å². The van der Waals surface area contributed by atoms with E-state index >= 15 is 0 Å². The van der Waals surface area contributed by atoms with Gasteiger partial charge in [0.2, 0.25) is 11.6 Å². The molecule has 21 heavy (non-hydrogen) atoms. The summed E-state index contributed by atoms with van der Waals surface area (Å²) in [4.78, 5) is 39.8. The van der Waals surface area contributed by atoms with Gasteiger partial charge in [-0.25, -0.2) is 0 Å². The van der Waals surface area contributed by atoms with Crippen molar-refractivity contribution in [2.75, 3.05) is 0 Å². The van der Waals surface area contributed by atoms with Crippen LogP contribution in [0.25, 0.3) is 0 Å². The zero-order valence-corrected chi connectivity index (χ0v) is 11.7. The van der Waals surface area contributed by atoms with Crippen LogP contribution in [0.3, 0.4) is 0 Å². The maximum atomic E-state index is 11.3. The number of rotatable bonds is 4. The fourth-order valence-electron chi connectivity index (χ4n) is 0.653. The summed E-state index contributed by atoms with van der Waals surface area (Å²) in [5.41, 5.74) is 0. The molecule has 0 aromatic carbocycles. The Morgan fingerprint density at radius 3 is 0.905 bits per heavy atom. The molecular formula is C10H10CoF6O4. The molecule has 125 valence electrons. The minimum Gasteiger partial charge on any atom is -0.300 e. The first kappa shape index (κ1) is 24.8. The molecule has 0 aromatic rings. The van der Waals surface area contributed by atoms with Crippen molar-refractivity contribution >= 4 is 23.1 Å². The van der Waals surface area contributed by atoms with Crippen molar-refractivity contribution in [3.8, 4) is 0 Å². The number of hydrogen-bond donors (Lipinski definition) is 0. The van der Waals surface area contributed by atoms with E-state index in [9.17, 15) is 45.5 Å². The van der Waals surface area contributed by atoms with E-state index in [4.69, 9.17) is 0 Å². The van der Waals surface area contributed by atoms with Gasteiger partial charge in [0.15, 0.2) is 0 Å². The van der Waals surface area contributed by atoms with Gasteiger partial charge in [0.05, 0.1) is 12.8 Å². The maximum Gasteiger partial charge on any atom is 0.450 e. The molecule has 0 aliphatic rings. The van der Waals surface area contributed by atoms with Crippen molar-refractivity contribution in [2.45, 2.75) is 39.0 Å². The van der Waals surface area contributed by atoms with Gasteiger partial charge in [-0.05, 0) is 13.8 Å². The van der Waals surface area contributed by atoms with Crippen LogP contribution in [0.2, 0.25) is 0 Å². The summed E-state index contributed by atoms with van der Waals surface area (Å²) >= 11 is 0. The third-order valence-electron chi connectivity index (χ3n) is 1.45. The molecule has 0 heterocycles. The zero-order chi connectivity index (χ0) is 16.7. The minimum atomic E-state index is -4.87. The Kier molecular flexibility index (Phi) is 11.4. The second kappa shape index (κ2) is 9.66. The van der Waals surface area contributed by atoms with E-state index < -0.39 is 48.3 Å². The standard InChI is InChI=1S/2C5H5F3O2.Co/c2*1-3(9)2-4(10)5(6,7)8;/h2*2H2,1H3;. The molecule has 0 unspecified atom stereocenters. The van der Waals surface area contributed by atoms with E-state index in [1.165, 1.54) is 0 Å². The number of carbonyl (C=O) groups is 4. The van der Waals surface area contributed by atoms with Crippen LogP contribution in [-0.2, 0) is 36.0 Å². The van der Waals surface area contributed by atoms with E-state index in [-0.39, 0.29) is 16.8 Å².